The zero-order chi connectivity index (χ0) is 18.7. The van der Waals surface area contributed by atoms with Crippen LogP contribution in [0.15, 0.2) is 52.2 Å². The minimum absolute atomic E-state index is 0.0258. The lowest BCUT2D eigenvalue weighted by Crippen LogP contribution is -2.14. The van der Waals surface area contributed by atoms with E-state index in [1.54, 1.807) is 16.3 Å². The molecule has 1 N–H and O–H groups in total. The zero-order valence-corrected chi connectivity index (χ0v) is 16.9. The van der Waals surface area contributed by atoms with E-state index in [-0.39, 0.29) is 16.8 Å². The number of aromatic nitrogens is 1. The van der Waals surface area contributed by atoms with E-state index in [1.165, 1.54) is 11.3 Å². The summed E-state index contributed by atoms with van der Waals surface area (Å²) in [6.45, 7) is 3.98. The molecule has 26 heavy (non-hydrogen) atoms. The average Bonchev–Trinajstić information content (AvgIpc) is 2.91. The molecule has 0 atom stereocenters. The first kappa shape index (κ1) is 19.0. The maximum absolute atomic E-state index is 12.2. The molecule has 1 aromatic heterocycles. The molecule has 0 fully saturated rings. The Morgan fingerprint density at radius 1 is 1.23 bits per heavy atom. The third-order valence-electron chi connectivity index (χ3n) is 3.82. The Kier molecular flexibility index (Phi) is 6.06. The molecule has 1 amide bonds. The van der Waals surface area contributed by atoms with Gasteiger partial charge in [-0.05, 0) is 56.3 Å². The number of rotatable bonds is 6. The molecular formula is C19H19ClN2O2S2. The van der Waals surface area contributed by atoms with Crippen LogP contribution in [0, 0.1) is 0 Å². The van der Waals surface area contributed by atoms with E-state index in [0.717, 1.165) is 20.8 Å². The molecule has 4 nitrogen and oxygen atoms in total. The van der Waals surface area contributed by atoms with Gasteiger partial charge < -0.3 is 5.32 Å². The highest BCUT2D eigenvalue weighted by Crippen LogP contribution is 2.25. The van der Waals surface area contributed by atoms with Crippen molar-refractivity contribution in [3.05, 3.63) is 57.2 Å². The number of anilines is 1. The van der Waals surface area contributed by atoms with E-state index in [0.29, 0.717) is 17.2 Å². The number of hydrogen-bond donors (Lipinski definition) is 1. The normalized spacial score (nSPS) is 11.2. The molecule has 0 aliphatic heterocycles. The summed E-state index contributed by atoms with van der Waals surface area (Å²) in [6, 6.07) is 13.3. The van der Waals surface area contributed by atoms with Gasteiger partial charge in [0.1, 0.15) is 0 Å². The van der Waals surface area contributed by atoms with Crippen LogP contribution in [0.1, 0.15) is 26.3 Å². The summed E-state index contributed by atoms with van der Waals surface area (Å²) in [5, 5.41) is 3.61. The molecule has 0 saturated heterocycles. The number of thiazole rings is 1. The van der Waals surface area contributed by atoms with Crippen LogP contribution in [0.2, 0.25) is 5.02 Å². The van der Waals surface area contributed by atoms with E-state index in [9.17, 15) is 9.59 Å². The highest BCUT2D eigenvalue weighted by atomic mass is 35.5. The van der Waals surface area contributed by atoms with Gasteiger partial charge >= 0.3 is 4.87 Å². The monoisotopic (exact) mass is 406 g/mol. The van der Waals surface area contributed by atoms with Crippen molar-refractivity contribution in [1.82, 2.24) is 4.57 Å². The number of nitrogens with zero attached hydrogens (tertiary/aromatic N) is 1. The van der Waals surface area contributed by atoms with E-state index in [2.05, 4.69) is 5.32 Å². The predicted octanol–water partition coefficient (Wildman–Crippen LogP) is 5.42. The van der Waals surface area contributed by atoms with Crippen molar-refractivity contribution in [1.29, 1.82) is 0 Å². The van der Waals surface area contributed by atoms with Gasteiger partial charge in [0.15, 0.2) is 0 Å². The molecule has 3 aromatic rings. The second kappa shape index (κ2) is 8.29. The van der Waals surface area contributed by atoms with Gasteiger partial charge in [-0.25, -0.2) is 0 Å². The molecule has 0 bridgehead atoms. The number of carbonyl (C=O) groups excluding carboxylic acids is 1. The lowest BCUT2D eigenvalue weighted by molar-refractivity contribution is -0.115. The highest BCUT2D eigenvalue weighted by molar-refractivity contribution is 7.99. The van der Waals surface area contributed by atoms with Crippen molar-refractivity contribution in [3.63, 3.8) is 0 Å². The van der Waals surface area contributed by atoms with Gasteiger partial charge in [-0.1, -0.05) is 22.9 Å². The van der Waals surface area contributed by atoms with Gasteiger partial charge in [-0.3, -0.25) is 14.2 Å². The fraction of sp³-hybridized carbons (Fsp3) is 0.263. The maximum atomic E-state index is 12.2. The first-order valence-electron chi connectivity index (χ1n) is 8.27. The minimum atomic E-state index is -0.0403. The number of thioether (sulfide) groups is 1. The van der Waals surface area contributed by atoms with Crippen LogP contribution in [0.25, 0.3) is 10.2 Å². The molecule has 0 aliphatic carbocycles. The highest BCUT2D eigenvalue weighted by Gasteiger charge is 2.11. The van der Waals surface area contributed by atoms with Crippen LogP contribution < -0.4 is 10.2 Å². The molecule has 2 aromatic carbocycles. The van der Waals surface area contributed by atoms with Gasteiger partial charge in [-0.2, -0.15) is 0 Å². The van der Waals surface area contributed by atoms with Crippen molar-refractivity contribution in [3.8, 4) is 0 Å². The first-order valence-corrected chi connectivity index (χ1v) is 10.5. The Bertz CT molecular complexity index is 977. The maximum Gasteiger partial charge on any atom is 0.308 e. The molecule has 136 valence electrons. The van der Waals surface area contributed by atoms with Crippen molar-refractivity contribution in [2.24, 2.45) is 0 Å². The molecule has 1 heterocycles. The van der Waals surface area contributed by atoms with E-state index in [4.69, 9.17) is 11.6 Å². The zero-order valence-electron chi connectivity index (χ0n) is 14.5. The van der Waals surface area contributed by atoms with E-state index >= 15 is 0 Å². The molecule has 0 aliphatic rings. The summed E-state index contributed by atoms with van der Waals surface area (Å²) in [4.78, 5) is 25.4. The summed E-state index contributed by atoms with van der Waals surface area (Å²) < 4.78 is 2.66. The van der Waals surface area contributed by atoms with Gasteiger partial charge in [0, 0.05) is 33.8 Å². The molecule has 3 rings (SSSR count). The molecule has 0 spiro atoms. The molecule has 0 unspecified atom stereocenters. The Morgan fingerprint density at radius 2 is 1.96 bits per heavy atom. The smallest absolute Gasteiger partial charge is 0.308 e. The number of amides is 1. The number of nitrogens with one attached hydrogen (secondary N) is 1. The second-order valence-electron chi connectivity index (χ2n) is 6.11. The van der Waals surface area contributed by atoms with Gasteiger partial charge in [0.05, 0.1) is 10.2 Å². The number of benzene rings is 2. The van der Waals surface area contributed by atoms with Crippen molar-refractivity contribution in [2.45, 2.75) is 31.2 Å². The van der Waals surface area contributed by atoms with Crippen LogP contribution in [0.4, 0.5) is 5.69 Å². The van der Waals surface area contributed by atoms with Crippen molar-refractivity contribution < 1.29 is 4.79 Å². The number of carbonyl (C=O) groups is 1. The number of halogens is 1. The lowest BCUT2D eigenvalue weighted by atomic mass is 10.2. The molecular weight excluding hydrogens is 388 g/mol. The van der Waals surface area contributed by atoms with Gasteiger partial charge in [-0.15, -0.1) is 11.8 Å². The molecule has 0 radical (unpaired) electrons. The van der Waals surface area contributed by atoms with Crippen LogP contribution in [-0.4, -0.2) is 16.2 Å². The Labute approximate surface area is 165 Å². The minimum Gasteiger partial charge on any atom is -0.326 e. The average molecular weight is 407 g/mol. The van der Waals surface area contributed by atoms with Gasteiger partial charge in [0.25, 0.3) is 0 Å². The SMILES string of the molecule is CC(C)n1c(=O)sc2cc(NC(=O)CCSc3ccc(Cl)cc3)ccc21. The van der Waals surface area contributed by atoms with Crippen LogP contribution in [-0.2, 0) is 4.79 Å². The summed E-state index contributed by atoms with van der Waals surface area (Å²) in [5.74, 6) is 0.647. The molecule has 7 heteroatoms. The van der Waals surface area contributed by atoms with Crippen LogP contribution in [0.3, 0.4) is 0 Å². The van der Waals surface area contributed by atoms with Crippen LogP contribution >= 0.6 is 34.7 Å². The number of fused-ring (bicyclic) bond motifs is 1. The Hall–Kier alpha value is -1.76. The standard InChI is InChI=1S/C19H19ClN2O2S2/c1-12(2)22-16-8-5-14(11-17(16)26-19(22)24)21-18(23)9-10-25-15-6-3-13(20)4-7-15/h3-8,11-12H,9-10H2,1-2H3,(H,21,23). The summed E-state index contributed by atoms with van der Waals surface area (Å²) in [5.41, 5.74) is 1.63. The Balaban J connectivity index is 1.60. The van der Waals surface area contributed by atoms with Crippen molar-refractivity contribution in [2.75, 3.05) is 11.1 Å². The quantitative estimate of drug-likeness (QED) is 0.556. The van der Waals surface area contributed by atoms with Crippen molar-refractivity contribution >= 4 is 56.5 Å². The van der Waals surface area contributed by atoms with E-state index < -0.39 is 0 Å². The lowest BCUT2D eigenvalue weighted by Gasteiger charge is -2.08. The molecule has 0 saturated carbocycles. The summed E-state index contributed by atoms with van der Waals surface area (Å²) >= 11 is 8.69. The predicted molar refractivity (Wildman–Crippen MR) is 112 cm³/mol. The number of hydrogen-bond acceptors (Lipinski definition) is 4. The largest absolute Gasteiger partial charge is 0.326 e. The van der Waals surface area contributed by atoms with Gasteiger partial charge in [0.2, 0.25) is 5.91 Å². The first-order chi connectivity index (χ1) is 12.4. The summed E-state index contributed by atoms with van der Waals surface area (Å²) in [6.07, 6.45) is 0.411. The van der Waals surface area contributed by atoms with Crippen LogP contribution in [0.5, 0.6) is 0 Å². The van der Waals surface area contributed by atoms with E-state index in [1.807, 2.05) is 56.3 Å². The topological polar surface area (TPSA) is 51.1 Å². The fourth-order valence-electron chi connectivity index (χ4n) is 2.62. The third-order valence-corrected chi connectivity index (χ3v) is 6.01. The second-order valence-corrected chi connectivity index (χ2v) is 8.71. The summed E-state index contributed by atoms with van der Waals surface area (Å²) in [7, 11) is 0. The third kappa shape index (κ3) is 4.50. The fourth-order valence-corrected chi connectivity index (χ4v) is 4.65. The Morgan fingerprint density at radius 3 is 2.65 bits per heavy atom.